The maximum atomic E-state index is 10.8. The molecule has 1 aromatic carbocycles. The van der Waals surface area contributed by atoms with Crippen molar-refractivity contribution in [1.29, 1.82) is 0 Å². The van der Waals surface area contributed by atoms with Gasteiger partial charge in [-0.15, -0.1) is 0 Å². The second-order valence-corrected chi connectivity index (χ2v) is 3.69. The molecule has 9 nitrogen and oxygen atoms in total. The molecule has 1 atom stereocenters. The maximum Gasteiger partial charge on any atom is 0.301 e. The van der Waals surface area contributed by atoms with E-state index in [2.05, 4.69) is 0 Å². The van der Waals surface area contributed by atoms with E-state index in [-0.39, 0.29) is 5.56 Å². The first-order chi connectivity index (χ1) is 8.13. The van der Waals surface area contributed by atoms with Gasteiger partial charge in [-0.1, -0.05) is 0 Å². The van der Waals surface area contributed by atoms with Gasteiger partial charge in [-0.3, -0.25) is 10.1 Å². The molecule has 1 aromatic rings. The molecule has 0 saturated heterocycles. The van der Waals surface area contributed by atoms with Gasteiger partial charge in [0.05, 0.1) is 23.0 Å². The summed E-state index contributed by atoms with van der Waals surface area (Å²) in [5.41, 5.74) is 3.63. The standard InChI is InChI=1S/C9H12N2O7/c10-7-5(12)2-1-4(8(7)11(17)18)6(13)3-9(14,15)16/h1-2,6,12-16H,3,10H2. The van der Waals surface area contributed by atoms with Crippen LogP contribution in [0.25, 0.3) is 0 Å². The van der Waals surface area contributed by atoms with Crippen molar-refractivity contribution >= 4 is 11.4 Å². The van der Waals surface area contributed by atoms with E-state index in [1.54, 1.807) is 0 Å². The zero-order valence-electron chi connectivity index (χ0n) is 9.02. The van der Waals surface area contributed by atoms with Crippen LogP contribution in [0.1, 0.15) is 18.1 Å². The number of phenolic OH excluding ortho intramolecular Hbond substituents is 1. The van der Waals surface area contributed by atoms with Crippen molar-refractivity contribution in [2.24, 2.45) is 0 Å². The van der Waals surface area contributed by atoms with Gasteiger partial charge in [0.1, 0.15) is 5.75 Å². The predicted octanol–water partition coefficient (Wildman–Crippen LogP) is -1.06. The first-order valence-electron chi connectivity index (χ1n) is 4.74. The van der Waals surface area contributed by atoms with Gasteiger partial charge < -0.3 is 31.3 Å². The molecule has 0 heterocycles. The third-order valence-corrected chi connectivity index (χ3v) is 2.23. The molecule has 0 aliphatic rings. The van der Waals surface area contributed by atoms with E-state index in [1.165, 1.54) is 0 Å². The summed E-state index contributed by atoms with van der Waals surface area (Å²) in [4.78, 5) is 9.85. The lowest BCUT2D eigenvalue weighted by molar-refractivity contribution is -0.385. The Kier molecular flexibility index (Phi) is 3.72. The zero-order chi connectivity index (χ0) is 14.1. The van der Waals surface area contributed by atoms with Gasteiger partial charge >= 0.3 is 5.69 Å². The molecule has 0 aliphatic carbocycles. The average molecular weight is 260 g/mol. The number of hydrogen-bond acceptors (Lipinski definition) is 8. The molecule has 0 radical (unpaired) electrons. The van der Waals surface area contributed by atoms with E-state index in [1.807, 2.05) is 0 Å². The van der Waals surface area contributed by atoms with Crippen molar-refractivity contribution in [2.75, 3.05) is 5.73 Å². The largest absolute Gasteiger partial charge is 0.506 e. The minimum Gasteiger partial charge on any atom is -0.506 e. The van der Waals surface area contributed by atoms with Crippen LogP contribution in [0.2, 0.25) is 0 Å². The Labute approximate surface area is 100 Å². The van der Waals surface area contributed by atoms with E-state index in [0.717, 1.165) is 12.1 Å². The monoisotopic (exact) mass is 260 g/mol. The number of rotatable bonds is 4. The van der Waals surface area contributed by atoms with Gasteiger partial charge in [0.25, 0.3) is 5.97 Å². The number of phenols is 1. The lowest BCUT2D eigenvalue weighted by atomic mass is 10.0. The van der Waals surface area contributed by atoms with Crippen LogP contribution in [0.15, 0.2) is 12.1 Å². The van der Waals surface area contributed by atoms with Crippen LogP contribution >= 0.6 is 0 Å². The van der Waals surface area contributed by atoms with Crippen LogP contribution in [-0.2, 0) is 0 Å². The van der Waals surface area contributed by atoms with Crippen molar-refractivity contribution in [2.45, 2.75) is 18.5 Å². The van der Waals surface area contributed by atoms with E-state index < -0.39 is 40.5 Å². The molecule has 0 saturated carbocycles. The first-order valence-corrected chi connectivity index (χ1v) is 4.74. The topological polar surface area (TPSA) is 170 Å². The van der Waals surface area contributed by atoms with Crippen molar-refractivity contribution in [3.63, 3.8) is 0 Å². The Hall–Kier alpha value is -1.94. The van der Waals surface area contributed by atoms with Crippen LogP contribution in [0.3, 0.4) is 0 Å². The van der Waals surface area contributed by atoms with Gasteiger partial charge in [0.15, 0.2) is 5.69 Å². The van der Waals surface area contributed by atoms with Crippen LogP contribution < -0.4 is 5.73 Å². The van der Waals surface area contributed by atoms with E-state index >= 15 is 0 Å². The van der Waals surface area contributed by atoms with Gasteiger partial charge in [-0.25, -0.2) is 0 Å². The fourth-order valence-corrected chi connectivity index (χ4v) is 1.46. The number of nitro benzene ring substituents is 1. The zero-order valence-corrected chi connectivity index (χ0v) is 9.02. The molecule has 0 aromatic heterocycles. The Morgan fingerprint density at radius 1 is 1.39 bits per heavy atom. The number of nitro groups is 1. The summed E-state index contributed by atoms with van der Waals surface area (Å²) in [5.74, 6) is -3.72. The SMILES string of the molecule is Nc1c(O)ccc(C(O)CC(O)(O)O)c1[N+](=O)[O-]. The van der Waals surface area contributed by atoms with Crippen molar-refractivity contribution in [3.8, 4) is 5.75 Å². The highest BCUT2D eigenvalue weighted by molar-refractivity contribution is 5.70. The van der Waals surface area contributed by atoms with Crippen LogP contribution in [-0.4, -0.2) is 36.4 Å². The molecule has 9 heteroatoms. The molecule has 1 unspecified atom stereocenters. The molecule has 7 N–H and O–H groups in total. The Morgan fingerprint density at radius 3 is 2.39 bits per heavy atom. The molecule has 0 amide bonds. The summed E-state index contributed by atoms with van der Waals surface area (Å²) in [6.07, 6.45) is -2.72. The highest BCUT2D eigenvalue weighted by Crippen LogP contribution is 2.38. The second-order valence-electron chi connectivity index (χ2n) is 3.69. The van der Waals surface area contributed by atoms with E-state index in [0.29, 0.717) is 0 Å². The molecule has 100 valence electrons. The number of nitrogens with two attached hydrogens (primary N) is 1. The number of aliphatic hydroxyl groups excluding tert-OH is 1. The minimum atomic E-state index is -3.18. The summed E-state index contributed by atoms with van der Waals surface area (Å²) in [6, 6.07) is 2.01. The number of nitrogen functional groups attached to an aromatic ring is 1. The van der Waals surface area contributed by atoms with Gasteiger partial charge in [-0.05, 0) is 12.1 Å². The Balaban J connectivity index is 3.24. The number of benzene rings is 1. The smallest absolute Gasteiger partial charge is 0.301 e. The van der Waals surface area contributed by atoms with Crippen molar-refractivity contribution < 1.29 is 30.5 Å². The predicted molar refractivity (Wildman–Crippen MR) is 58.1 cm³/mol. The number of hydrogen-bond donors (Lipinski definition) is 6. The number of anilines is 1. The number of aromatic hydroxyl groups is 1. The fraction of sp³-hybridized carbons (Fsp3) is 0.333. The highest BCUT2D eigenvalue weighted by atomic mass is 16.7. The minimum absolute atomic E-state index is 0.350. The van der Waals surface area contributed by atoms with Crippen molar-refractivity contribution in [1.82, 2.24) is 0 Å². The summed E-state index contributed by atoms with van der Waals surface area (Å²) < 4.78 is 0. The third-order valence-electron chi connectivity index (χ3n) is 2.23. The molecule has 0 spiro atoms. The van der Waals surface area contributed by atoms with Crippen LogP contribution in [0.4, 0.5) is 11.4 Å². The Morgan fingerprint density at radius 2 is 1.94 bits per heavy atom. The van der Waals surface area contributed by atoms with Gasteiger partial charge in [0.2, 0.25) is 0 Å². The van der Waals surface area contributed by atoms with Crippen LogP contribution in [0.5, 0.6) is 5.75 Å². The molecule has 0 aliphatic heterocycles. The van der Waals surface area contributed by atoms with Crippen LogP contribution in [0, 0.1) is 10.1 Å². The summed E-state index contributed by atoms with van der Waals surface area (Å²) >= 11 is 0. The second kappa shape index (κ2) is 4.74. The van der Waals surface area contributed by atoms with Gasteiger partial charge in [-0.2, -0.15) is 0 Å². The van der Waals surface area contributed by atoms with Crippen molar-refractivity contribution in [3.05, 3.63) is 27.8 Å². The molecular weight excluding hydrogens is 248 g/mol. The number of aliphatic hydroxyl groups is 4. The molecule has 1 rings (SSSR count). The van der Waals surface area contributed by atoms with Gasteiger partial charge in [0, 0.05) is 0 Å². The lowest BCUT2D eigenvalue weighted by Gasteiger charge is -2.19. The third kappa shape index (κ3) is 3.05. The Bertz CT molecular complexity index is 469. The van der Waals surface area contributed by atoms with E-state index in [9.17, 15) is 20.3 Å². The lowest BCUT2D eigenvalue weighted by Crippen LogP contribution is -2.29. The summed E-state index contributed by atoms with van der Waals surface area (Å²) in [5, 5.41) is 55.7. The summed E-state index contributed by atoms with van der Waals surface area (Å²) in [6.45, 7) is 0. The fourth-order valence-electron chi connectivity index (χ4n) is 1.46. The van der Waals surface area contributed by atoms with E-state index in [4.69, 9.17) is 21.1 Å². The number of nitrogens with zero attached hydrogens (tertiary/aromatic N) is 1. The summed E-state index contributed by atoms with van der Waals surface area (Å²) in [7, 11) is 0. The molecule has 18 heavy (non-hydrogen) atoms. The maximum absolute atomic E-state index is 10.8. The highest BCUT2D eigenvalue weighted by Gasteiger charge is 2.31. The molecular formula is C9H12N2O7. The molecule has 0 fully saturated rings. The average Bonchev–Trinajstić information content (AvgIpc) is 2.18. The normalized spacial score (nSPS) is 13.3. The first kappa shape index (κ1) is 14.1. The quantitative estimate of drug-likeness (QED) is 0.131. The molecule has 0 bridgehead atoms.